The van der Waals surface area contributed by atoms with E-state index in [0.717, 1.165) is 12.1 Å². The summed E-state index contributed by atoms with van der Waals surface area (Å²) < 4.78 is 54.9. The number of sulfonamides is 2. The number of hydrogen-bond donors (Lipinski definition) is 1. The molecule has 0 atom stereocenters. The van der Waals surface area contributed by atoms with Crippen LogP contribution < -0.4 is 4.72 Å². The van der Waals surface area contributed by atoms with Gasteiger partial charge in [0.15, 0.2) is 0 Å². The molecule has 3 rings (SSSR count). The minimum Gasteiger partial charge on any atom is -0.296 e. The van der Waals surface area contributed by atoms with Crippen molar-refractivity contribution in [1.29, 1.82) is 0 Å². The smallest absolute Gasteiger partial charge is 0.241 e. The molecule has 1 aliphatic heterocycles. The molecule has 1 N–H and O–H groups in total. The lowest BCUT2D eigenvalue weighted by molar-refractivity contribution is 0.181. The summed E-state index contributed by atoms with van der Waals surface area (Å²) in [6.07, 6.45) is 0. The van der Waals surface area contributed by atoms with E-state index in [1.54, 1.807) is 13.8 Å². The fraction of sp³-hybridized carbons (Fsp3) is 0.455. The van der Waals surface area contributed by atoms with Crippen molar-refractivity contribution in [3.63, 3.8) is 0 Å². The van der Waals surface area contributed by atoms with Crippen molar-refractivity contribution < 1.29 is 16.8 Å². The Bertz CT molecular complexity index is 1090. The minimum atomic E-state index is -3.78. The van der Waals surface area contributed by atoms with Gasteiger partial charge in [0, 0.05) is 39.3 Å². The van der Waals surface area contributed by atoms with Crippen LogP contribution in [0.25, 0.3) is 0 Å². The monoisotopic (exact) mass is 465 g/mol. The van der Waals surface area contributed by atoms with Crippen LogP contribution >= 0.6 is 0 Å². The van der Waals surface area contributed by atoms with Crippen molar-refractivity contribution in [2.24, 2.45) is 0 Å². The van der Waals surface area contributed by atoms with Crippen molar-refractivity contribution in [2.45, 2.75) is 32.2 Å². The van der Waals surface area contributed by atoms with Gasteiger partial charge in [-0.25, -0.2) is 21.6 Å². The average molecular weight is 466 g/mol. The second kappa shape index (κ2) is 9.79. The lowest BCUT2D eigenvalue weighted by Gasteiger charge is -2.34. The third-order valence-corrected chi connectivity index (χ3v) is 9.14. The van der Waals surface area contributed by atoms with Gasteiger partial charge in [-0.3, -0.25) is 4.90 Å². The fourth-order valence-electron chi connectivity index (χ4n) is 4.10. The molecule has 0 aliphatic carbocycles. The van der Waals surface area contributed by atoms with E-state index in [1.165, 1.54) is 9.87 Å². The van der Waals surface area contributed by atoms with Gasteiger partial charge in [0.1, 0.15) is 0 Å². The van der Waals surface area contributed by atoms with Crippen LogP contribution in [0.5, 0.6) is 0 Å². The predicted octanol–water partition coefficient (Wildman–Crippen LogP) is 2.04. The second-order valence-corrected chi connectivity index (χ2v) is 11.9. The molecule has 0 radical (unpaired) electrons. The fourth-order valence-corrected chi connectivity index (χ4v) is 7.05. The van der Waals surface area contributed by atoms with E-state index in [4.69, 9.17) is 0 Å². The quantitative estimate of drug-likeness (QED) is 0.645. The maximum absolute atomic E-state index is 12.7. The molecule has 170 valence electrons. The van der Waals surface area contributed by atoms with Gasteiger partial charge < -0.3 is 0 Å². The molecule has 0 saturated carbocycles. The van der Waals surface area contributed by atoms with Crippen LogP contribution in [0.2, 0.25) is 0 Å². The largest absolute Gasteiger partial charge is 0.296 e. The molecular weight excluding hydrogens is 434 g/mol. The Morgan fingerprint density at radius 1 is 0.871 bits per heavy atom. The standard InChI is InChI=1S/C22H31N3O4S2/c1-18-15-19(2)22(20(3)16-18)31(28,29)23-9-14-30(26,27)25-12-10-24(11-13-25)17-21-7-5-4-6-8-21/h4-8,15-16,23H,9-14,17H2,1-3H3. The first-order chi connectivity index (χ1) is 14.6. The highest BCUT2D eigenvalue weighted by molar-refractivity contribution is 7.90. The highest BCUT2D eigenvalue weighted by atomic mass is 32.2. The van der Waals surface area contributed by atoms with Crippen LogP contribution in [0.4, 0.5) is 0 Å². The molecule has 0 bridgehead atoms. The molecule has 2 aromatic rings. The van der Waals surface area contributed by atoms with Crippen molar-refractivity contribution in [3.05, 3.63) is 64.7 Å². The molecular formula is C22H31N3O4S2. The Balaban J connectivity index is 1.54. The van der Waals surface area contributed by atoms with E-state index < -0.39 is 20.0 Å². The number of rotatable bonds is 8. The molecule has 1 aliphatic rings. The average Bonchev–Trinajstić information content (AvgIpc) is 2.68. The van der Waals surface area contributed by atoms with Crippen molar-refractivity contribution in [1.82, 2.24) is 13.9 Å². The third-order valence-electron chi connectivity index (χ3n) is 5.50. The van der Waals surface area contributed by atoms with Crippen LogP contribution in [0.15, 0.2) is 47.4 Å². The topological polar surface area (TPSA) is 86.8 Å². The minimum absolute atomic E-state index is 0.151. The zero-order chi connectivity index (χ0) is 22.6. The van der Waals surface area contributed by atoms with Crippen molar-refractivity contribution in [3.8, 4) is 0 Å². The van der Waals surface area contributed by atoms with E-state index in [2.05, 4.69) is 21.8 Å². The van der Waals surface area contributed by atoms with Gasteiger partial charge in [-0.1, -0.05) is 48.0 Å². The van der Waals surface area contributed by atoms with Crippen molar-refractivity contribution >= 4 is 20.0 Å². The van der Waals surface area contributed by atoms with Gasteiger partial charge >= 0.3 is 0 Å². The Morgan fingerprint density at radius 2 is 1.45 bits per heavy atom. The summed E-state index contributed by atoms with van der Waals surface area (Å²) in [6, 6.07) is 13.7. The molecule has 1 saturated heterocycles. The second-order valence-electron chi connectivity index (χ2n) is 8.10. The normalized spacial score (nSPS) is 16.5. The molecule has 31 heavy (non-hydrogen) atoms. The number of piperazine rings is 1. The van der Waals surface area contributed by atoms with Gasteiger partial charge in [0.25, 0.3) is 0 Å². The van der Waals surface area contributed by atoms with Crippen LogP contribution in [0, 0.1) is 20.8 Å². The summed E-state index contributed by atoms with van der Waals surface area (Å²) in [5.41, 5.74) is 3.50. The zero-order valence-corrected chi connectivity index (χ0v) is 20.0. The third kappa shape index (κ3) is 6.14. The number of nitrogens with one attached hydrogen (secondary N) is 1. The Hall–Kier alpha value is -1.78. The molecule has 0 unspecified atom stereocenters. The molecule has 2 aromatic carbocycles. The highest BCUT2D eigenvalue weighted by Gasteiger charge is 2.27. The predicted molar refractivity (Wildman–Crippen MR) is 123 cm³/mol. The maximum Gasteiger partial charge on any atom is 0.241 e. The Labute approximate surface area is 186 Å². The molecule has 7 nitrogen and oxygen atoms in total. The van der Waals surface area contributed by atoms with E-state index in [1.807, 2.05) is 37.3 Å². The Kier molecular flexibility index (Phi) is 7.54. The SMILES string of the molecule is Cc1cc(C)c(S(=O)(=O)NCCS(=O)(=O)N2CCN(Cc3ccccc3)CC2)c(C)c1. The molecule has 0 aromatic heterocycles. The van der Waals surface area contributed by atoms with Gasteiger partial charge in [-0.05, 0) is 37.5 Å². The summed E-state index contributed by atoms with van der Waals surface area (Å²) in [5, 5.41) is 0. The van der Waals surface area contributed by atoms with Gasteiger partial charge in [0.05, 0.1) is 10.6 Å². The van der Waals surface area contributed by atoms with E-state index in [-0.39, 0.29) is 17.2 Å². The van der Waals surface area contributed by atoms with Gasteiger partial charge in [0.2, 0.25) is 20.0 Å². The van der Waals surface area contributed by atoms with E-state index >= 15 is 0 Å². The first-order valence-electron chi connectivity index (χ1n) is 10.4. The molecule has 1 fully saturated rings. The van der Waals surface area contributed by atoms with E-state index in [0.29, 0.717) is 37.3 Å². The summed E-state index contributed by atoms with van der Waals surface area (Å²) in [6.45, 7) is 8.20. The molecule has 9 heteroatoms. The Morgan fingerprint density at radius 3 is 2.03 bits per heavy atom. The van der Waals surface area contributed by atoms with E-state index in [9.17, 15) is 16.8 Å². The number of nitrogens with zero attached hydrogens (tertiary/aromatic N) is 2. The number of hydrogen-bond acceptors (Lipinski definition) is 5. The number of aryl methyl sites for hydroxylation is 3. The highest BCUT2D eigenvalue weighted by Crippen LogP contribution is 2.21. The molecule has 1 heterocycles. The summed E-state index contributed by atoms with van der Waals surface area (Å²) in [5.74, 6) is -0.255. The molecule has 0 spiro atoms. The van der Waals surface area contributed by atoms with Crippen LogP contribution in [0.3, 0.4) is 0 Å². The van der Waals surface area contributed by atoms with Crippen LogP contribution in [0.1, 0.15) is 22.3 Å². The van der Waals surface area contributed by atoms with Crippen LogP contribution in [-0.2, 0) is 26.6 Å². The van der Waals surface area contributed by atoms with Gasteiger partial charge in [-0.15, -0.1) is 0 Å². The van der Waals surface area contributed by atoms with Gasteiger partial charge in [-0.2, -0.15) is 4.31 Å². The molecule has 0 amide bonds. The van der Waals surface area contributed by atoms with Crippen LogP contribution in [-0.4, -0.2) is 64.5 Å². The maximum atomic E-state index is 12.7. The first kappa shape index (κ1) is 23.9. The summed E-state index contributed by atoms with van der Waals surface area (Å²) in [7, 11) is -7.31. The first-order valence-corrected chi connectivity index (χ1v) is 13.5. The number of benzene rings is 2. The lowest BCUT2D eigenvalue weighted by atomic mass is 10.1. The summed E-state index contributed by atoms with van der Waals surface area (Å²) in [4.78, 5) is 2.46. The zero-order valence-electron chi connectivity index (χ0n) is 18.3. The lowest BCUT2D eigenvalue weighted by Crippen LogP contribution is -2.49. The van der Waals surface area contributed by atoms with Crippen molar-refractivity contribution in [2.75, 3.05) is 38.5 Å². The summed E-state index contributed by atoms with van der Waals surface area (Å²) >= 11 is 0.